The Balaban J connectivity index is 0.00000144. The Bertz CT molecular complexity index is 384. The Hall–Kier alpha value is -0.880. The molecule has 1 aromatic heterocycles. The molecular formula is C11H17Cl2N3O2. The van der Waals surface area contributed by atoms with Crippen molar-refractivity contribution in [2.24, 2.45) is 0 Å². The molecular weight excluding hydrogens is 277 g/mol. The molecule has 1 saturated heterocycles. The second-order valence-corrected chi connectivity index (χ2v) is 3.69. The Kier molecular flexibility index (Phi) is 7.86. The summed E-state index contributed by atoms with van der Waals surface area (Å²) in [4.78, 5) is 15.9. The normalized spacial score (nSPS) is 18.2. The van der Waals surface area contributed by atoms with E-state index in [1.807, 2.05) is 13.0 Å². The number of nitrogens with one attached hydrogen (secondary N) is 2. The summed E-state index contributed by atoms with van der Waals surface area (Å²) in [7, 11) is 0. The number of rotatable bonds is 2. The van der Waals surface area contributed by atoms with Gasteiger partial charge in [-0.1, -0.05) is 0 Å². The van der Waals surface area contributed by atoms with Gasteiger partial charge in [-0.25, -0.2) is 0 Å². The lowest BCUT2D eigenvalue weighted by atomic mass is 10.2. The molecule has 2 rings (SSSR count). The summed E-state index contributed by atoms with van der Waals surface area (Å²) in [5.41, 5.74) is 1.54. The molecule has 1 aliphatic rings. The summed E-state index contributed by atoms with van der Waals surface area (Å²) >= 11 is 0. The molecule has 2 heterocycles. The highest BCUT2D eigenvalue weighted by atomic mass is 35.5. The zero-order valence-corrected chi connectivity index (χ0v) is 11.6. The third-order valence-electron chi connectivity index (χ3n) is 2.48. The molecule has 1 amide bonds. The van der Waals surface area contributed by atoms with Crippen LogP contribution in [0.15, 0.2) is 18.3 Å². The smallest absolute Gasteiger partial charge is 0.254 e. The second-order valence-electron chi connectivity index (χ2n) is 3.69. The fourth-order valence-electron chi connectivity index (χ4n) is 1.56. The standard InChI is InChI=1S/C11H15N3O2.2ClH/c1-8-9(3-2-4-13-8)14-11(15)10-7-12-5-6-16-10;;/h2-4,10,12H,5-7H2,1H3,(H,14,15);2*1H. The largest absolute Gasteiger partial charge is 0.366 e. The van der Waals surface area contributed by atoms with Gasteiger partial charge in [0.2, 0.25) is 0 Å². The van der Waals surface area contributed by atoms with E-state index in [9.17, 15) is 4.79 Å². The minimum atomic E-state index is -0.409. The van der Waals surface area contributed by atoms with E-state index in [4.69, 9.17) is 4.74 Å². The van der Waals surface area contributed by atoms with Crippen molar-refractivity contribution in [2.75, 3.05) is 25.0 Å². The monoisotopic (exact) mass is 293 g/mol. The summed E-state index contributed by atoms with van der Waals surface area (Å²) < 4.78 is 5.36. The van der Waals surface area contributed by atoms with Gasteiger partial charge in [-0.15, -0.1) is 24.8 Å². The first-order valence-electron chi connectivity index (χ1n) is 5.32. The van der Waals surface area contributed by atoms with Crippen molar-refractivity contribution in [1.29, 1.82) is 0 Å². The van der Waals surface area contributed by atoms with Gasteiger partial charge in [-0.2, -0.15) is 0 Å². The van der Waals surface area contributed by atoms with E-state index in [1.165, 1.54) is 0 Å². The molecule has 5 nitrogen and oxygen atoms in total. The summed E-state index contributed by atoms with van der Waals surface area (Å²) in [5, 5.41) is 5.93. The van der Waals surface area contributed by atoms with Crippen molar-refractivity contribution < 1.29 is 9.53 Å². The maximum absolute atomic E-state index is 11.8. The predicted octanol–water partition coefficient (Wildman–Crippen LogP) is 1.16. The minimum absolute atomic E-state index is 0. The first-order chi connectivity index (χ1) is 7.77. The van der Waals surface area contributed by atoms with Gasteiger partial charge in [0.05, 0.1) is 18.0 Å². The third-order valence-corrected chi connectivity index (χ3v) is 2.48. The molecule has 1 aliphatic heterocycles. The summed E-state index contributed by atoms with van der Waals surface area (Å²) in [6.45, 7) is 3.79. The molecule has 0 aromatic carbocycles. The summed E-state index contributed by atoms with van der Waals surface area (Å²) in [5.74, 6) is -0.122. The molecule has 0 bridgehead atoms. The number of ether oxygens (including phenoxy) is 1. The lowest BCUT2D eigenvalue weighted by Gasteiger charge is -2.22. The SMILES string of the molecule is Cc1ncccc1NC(=O)C1CNCCO1.Cl.Cl. The molecule has 0 aliphatic carbocycles. The lowest BCUT2D eigenvalue weighted by molar-refractivity contribution is -0.128. The number of amides is 1. The van der Waals surface area contributed by atoms with Crippen molar-refractivity contribution in [1.82, 2.24) is 10.3 Å². The van der Waals surface area contributed by atoms with Crippen LogP contribution in [0.2, 0.25) is 0 Å². The van der Waals surface area contributed by atoms with Gasteiger partial charge >= 0.3 is 0 Å². The molecule has 0 radical (unpaired) electrons. The predicted molar refractivity (Wildman–Crippen MR) is 74.7 cm³/mol. The first kappa shape index (κ1) is 17.1. The zero-order chi connectivity index (χ0) is 11.4. The van der Waals surface area contributed by atoms with Crippen molar-refractivity contribution in [2.45, 2.75) is 13.0 Å². The highest BCUT2D eigenvalue weighted by molar-refractivity contribution is 5.94. The van der Waals surface area contributed by atoms with Gasteiger partial charge in [-0.3, -0.25) is 9.78 Å². The van der Waals surface area contributed by atoms with Crippen LogP contribution in [0.1, 0.15) is 5.69 Å². The Morgan fingerprint density at radius 2 is 2.33 bits per heavy atom. The number of morpholine rings is 1. The van der Waals surface area contributed by atoms with Crippen LogP contribution in [0, 0.1) is 6.92 Å². The Morgan fingerprint density at radius 1 is 1.56 bits per heavy atom. The summed E-state index contributed by atoms with van der Waals surface area (Å²) in [6, 6.07) is 3.62. The van der Waals surface area contributed by atoms with Crippen LogP contribution in [-0.4, -0.2) is 36.7 Å². The van der Waals surface area contributed by atoms with Crippen LogP contribution < -0.4 is 10.6 Å². The molecule has 0 saturated carbocycles. The fourth-order valence-corrected chi connectivity index (χ4v) is 1.56. The molecule has 2 N–H and O–H groups in total. The quantitative estimate of drug-likeness (QED) is 0.859. The number of aryl methyl sites for hydroxylation is 1. The number of nitrogens with zero attached hydrogens (tertiary/aromatic N) is 1. The minimum Gasteiger partial charge on any atom is -0.366 e. The topological polar surface area (TPSA) is 63.2 Å². The maximum Gasteiger partial charge on any atom is 0.254 e. The number of carbonyl (C=O) groups excluding carboxylic acids is 1. The van der Waals surface area contributed by atoms with E-state index in [0.29, 0.717) is 13.2 Å². The van der Waals surface area contributed by atoms with Crippen molar-refractivity contribution in [3.05, 3.63) is 24.0 Å². The number of pyridine rings is 1. The van der Waals surface area contributed by atoms with E-state index in [1.54, 1.807) is 12.3 Å². The molecule has 102 valence electrons. The van der Waals surface area contributed by atoms with Gasteiger partial charge < -0.3 is 15.4 Å². The number of anilines is 1. The number of hydrogen-bond acceptors (Lipinski definition) is 4. The highest BCUT2D eigenvalue weighted by Gasteiger charge is 2.21. The summed E-state index contributed by atoms with van der Waals surface area (Å²) in [6.07, 6.45) is 1.29. The van der Waals surface area contributed by atoms with Gasteiger partial charge in [0.1, 0.15) is 6.10 Å². The van der Waals surface area contributed by atoms with E-state index in [2.05, 4.69) is 15.6 Å². The zero-order valence-electron chi connectivity index (χ0n) is 10.0. The number of aromatic nitrogens is 1. The fraction of sp³-hybridized carbons (Fsp3) is 0.455. The van der Waals surface area contributed by atoms with Crippen molar-refractivity contribution in [3.63, 3.8) is 0 Å². The van der Waals surface area contributed by atoms with Gasteiger partial charge in [0.25, 0.3) is 5.91 Å². The Labute approximate surface area is 119 Å². The molecule has 1 aromatic rings. The van der Waals surface area contributed by atoms with E-state index >= 15 is 0 Å². The van der Waals surface area contributed by atoms with E-state index < -0.39 is 6.10 Å². The van der Waals surface area contributed by atoms with Gasteiger partial charge in [0.15, 0.2) is 0 Å². The van der Waals surface area contributed by atoms with Gasteiger partial charge in [0, 0.05) is 19.3 Å². The third kappa shape index (κ3) is 4.42. The molecule has 18 heavy (non-hydrogen) atoms. The van der Waals surface area contributed by atoms with Crippen molar-refractivity contribution in [3.8, 4) is 0 Å². The molecule has 1 fully saturated rings. The molecule has 0 spiro atoms. The van der Waals surface area contributed by atoms with Crippen LogP contribution in [-0.2, 0) is 9.53 Å². The van der Waals surface area contributed by atoms with E-state index in [0.717, 1.165) is 17.9 Å². The van der Waals surface area contributed by atoms with Crippen LogP contribution in [0.5, 0.6) is 0 Å². The average Bonchev–Trinajstić information content (AvgIpc) is 2.33. The van der Waals surface area contributed by atoms with Crippen LogP contribution in [0.4, 0.5) is 5.69 Å². The highest BCUT2D eigenvalue weighted by Crippen LogP contribution is 2.11. The lowest BCUT2D eigenvalue weighted by Crippen LogP contribution is -2.45. The van der Waals surface area contributed by atoms with Crippen LogP contribution in [0.25, 0.3) is 0 Å². The number of hydrogen-bond donors (Lipinski definition) is 2. The number of carbonyl (C=O) groups is 1. The second kappa shape index (κ2) is 8.26. The van der Waals surface area contributed by atoms with Crippen LogP contribution in [0.3, 0.4) is 0 Å². The average molecular weight is 294 g/mol. The van der Waals surface area contributed by atoms with Gasteiger partial charge in [-0.05, 0) is 19.1 Å². The number of halogens is 2. The molecule has 1 unspecified atom stereocenters. The Morgan fingerprint density at radius 3 is 2.94 bits per heavy atom. The first-order valence-corrected chi connectivity index (χ1v) is 5.32. The maximum atomic E-state index is 11.8. The molecule has 7 heteroatoms. The van der Waals surface area contributed by atoms with Crippen molar-refractivity contribution >= 4 is 36.4 Å². The van der Waals surface area contributed by atoms with Crippen LogP contribution >= 0.6 is 24.8 Å². The van der Waals surface area contributed by atoms with E-state index in [-0.39, 0.29) is 30.7 Å². The molecule has 1 atom stereocenters.